The Hall–Kier alpha value is -3.48. The highest BCUT2D eigenvalue weighted by Crippen LogP contribution is 2.43. The number of methoxy groups -OCH3 is 1. The van der Waals surface area contributed by atoms with Crippen molar-refractivity contribution >= 4 is 17.6 Å². The quantitative estimate of drug-likeness (QED) is 0.612. The average molecular weight is 449 g/mol. The molecule has 4 rings (SSSR count). The molecule has 1 amide bonds. The van der Waals surface area contributed by atoms with Crippen molar-refractivity contribution in [2.24, 2.45) is 4.99 Å². The third-order valence-corrected chi connectivity index (χ3v) is 5.85. The Kier molecular flexibility index (Phi) is 5.82. The number of aryl methyl sites for hydroxylation is 2. The van der Waals surface area contributed by atoms with Crippen LogP contribution in [0.15, 0.2) is 53.5 Å². The molecule has 0 unspecified atom stereocenters. The van der Waals surface area contributed by atoms with Crippen LogP contribution in [0.5, 0.6) is 0 Å². The molecule has 0 radical (unpaired) electrons. The van der Waals surface area contributed by atoms with Gasteiger partial charge in [-0.2, -0.15) is 10.1 Å². The first-order valence-corrected chi connectivity index (χ1v) is 11.0. The Morgan fingerprint density at radius 2 is 1.82 bits per heavy atom. The lowest BCUT2D eigenvalue weighted by molar-refractivity contribution is 0.0939. The van der Waals surface area contributed by atoms with Gasteiger partial charge in [-0.15, -0.1) is 0 Å². The van der Waals surface area contributed by atoms with Crippen LogP contribution in [-0.4, -0.2) is 34.7 Å². The molecule has 0 bridgehead atoms. The van der Waals surface area contributed by atoms with E-state index < -0.39 is 6.04 Å². The number of benzene rings is 2. The molecule has 0 fully saturated rings. The molecule has 0 saturated heterocycles. The number of hydrogen-bond donors (Lipinski definition) is 1. The number of fused-ring (bicyclic) bond motifs is 1. The predicted octanol–water partition coefficient (Wildman–Crippen LogP) is 5.01. The molecule has 2 atom stereocenters. The van der Waals surface area contributed by atoms with Crippen molar-refractivity contribution in [3.63, 3.8) is 0 Å². The molecule has 1 aromatic heterocycles. The maximum Gasteiger partial charge on any atom is 0.251 e. The SMILES string of the molecule is COC1=Nc2c(c(C)nn2C(C)(C)C)[C@H](c2ccc(F)cc2)[C@@H]1NC(=O)c1cccc(C)c1. The zero-order valence-electron chi connectivity index (χ0n) is 19.8. The summed E-state index contributed by atoms with van der Waals surface area (Å²) >= 11 is 0. The van der Waals surface area contributed by atoms with Gasteiger partial charge in [0.2, 0.25) is 5.90 Å². The van der Waals surface area contributed by atoms with E-state index in [4.69, 9.17) is 14.8 Å². The molecule has 172 valence electrons. The van der Waals surface area contributed by atoms with Crippen LogP contribution >= 0.6 is 0 Å². The molecule has 0 spiro atoms. The summed E-state index contributed by atoms with van der Waals surface area (Å²) in [6.45, 7) is 10.0. The van der Waals surface area contributed by atoms with E-state index in [0.29, 0.717) is 17.3 Å². The van der Waals surface area contributed by atoms with Crippen LogP contribution in [0.1, 0.15) is 59.4 Å². The number of aromatic nitrogens is 2. The molecule has 33 heavy (non-hydrogen) atoms. The lowest BCUT2D eigenvalue weighted by Crippen LogP contribution is -2.47. The number of nitrogens with zero attached hydrogens (tertiary/aromatic N) is 3. The van der Waals surface area contributed by atoms with Crippen LogP contribution < -0.4 is 5.32 Å². The molecule has 2 aromatic carbocycles. The van der Waals surface area contributed by atoms with Gasteiger partial charge in [0.25, 0.3) is 5.91 Å². The van der Waals surface area contributed by atoms with E-state index in [2.05, 4.69) is 26.1 Å². The topological polar surface area (TPSA) is 68.5 Å². The second kappa shape index (κ2) is 8.46. The number of aliphatic imine (C=N–C) groups is 1. The van der Waals surface area contributed by atoms with Crippen LogP contribution in [0.4, 0.5) is 10.2 Å². The van der Waals surface area contributed by atoms with Crippen LogP contribution in [0, 0.1) is 19.7 Å². The third kappa shape index (κ3) is 4.27. The van der Waals surface area contributed by atoms with Gasteiger partial charge in [-0.25, -0.2) is 9.07 Å². The molecule has 2 heterocycles. The van der Waals surface area contributed by atoms with Crippen molar-refractivity contribution < 1.29 is 13.9 Å². The largest absolute Gasteiger partial charge is 0.483 e. The van der Waals surface area contributed by atoms with Crippen molar-refractivity contribution in [3.8, 4) is 0 Å². The molecule has 1 aliphatic heterocycles. The number of halogens is 1. The summed E-state index contributed by atoms with van der Waals surface area (Å²) in [5.41, 5.74) is 3.77. The Morgan fingerprint density at radius 1 is 1.12 bits per heavy atom. The summed E-state index contributed by atoms with van der Waals surface area (Å²) in [5, 5.41) is 7.89. The van der Waals surface area contributed by atoms with Crippen molar-refractivity contribution in [1.82, 2.24) is 15.1 Å². The lowest BCUT2D eigenvalue weighted by atomic mass is 9.82. The zero-order valence-corrected chi connectivity index (χ0v) is 19.8. The number of carbonyl (C=O) groups excluding carboxylic acids is 1. The molecular weight excluding hydrogens is 419 g/mol. The number of nitrogens with one attached hydrogen (secondary N) is 1. The second-order valence-corrected chi connectivity index (χ2v) is 9.41. The van der Waals surface area contributed by atoms with Gasteiger partial charge in [-0.1, -0.05) is 29.8 Å². The standard InChI is InChI=1S/C26H29FN4O2/c1-15-8-7-9-18(14-15)24(32)28-22-21(17-10-12-19(27)13-11-17)20-16(2)30-31(26(3,4)5)23(20)29-25(22)33-6/h7-14,21-22H,1-6H3,(H,28,32)/t21-,22-/m0/s1. The molecular formula is C26H29FN4O2. The van der Waals surface area contributed by atoms with E-state index in [-0.39, 0.29) is 23.2 Å². The minimum atomic E-state index is -0.586. The summed E-state index contributed by atoms with van der Waals surface area (Å²) in [5.74, 6) is 0.163. The lowest BCUT2D eigenvalue weighted by Gasteiger charge is -2.33. The third-order valence-electron chi connectivity index (χ3n) is 5.85. The van der Waals surface area contributed by atoms with Gasteiger partial charge in [0, 0.05) is 17.0 Å². The van der Waals surface area contributed by atoms with E-state index in [1.165, 1.54) is 12.1 Å². The number of hydrogen-bond acceptors (Lipinski definition) is 4. The maximum atomic E-state index is 13.8. The van der Waals surface area contributed by atoms with Gasteiger partial charge in [-0.3, -0.25) is 4.79 Å². The van der Waals surface area contributed by atoms with Crippen molar-refractivity contribution in [2.75, 3.05) is 7.11 Å². The van der Waals surface area contributed by atoms with Crippen molar-refractivity contribution in [2.45, 2.75) is 52.1 Å². The van der Waals surface area contributed by atoms with Crippen LogP contribution in [0.3, 0.4) is 0 Å². The summed E-state index contributed by atoms with van der Waals surface area (Å²) in [6.07, 6.45) is 0. The smallest absolute Gasteiger partial charge is 0.251 e. The normalized spacial score (nSPS) is 17.8. The molecule has 0 saturated carbocycles. The molecule has 0 aliphatic carbocycles. The highest BCUT2D eigenvalue weighted by Gasteiger charge is 2.41. The van der Waals surface area contributed by atoms with Crippen LogP contribution in [0.2, 0.25) is 0 Å². The summed E-state index contributed by atoms with van der Waals surface area (Å²) in [7, 11) is 1.54. The Balaban J connectivity index is 1.87. The minimum Gasteiger partial charge on any atom is -0.483 e. The molecule has 7 heteroatoms. The molecule has 1 N–H and O–H groups in total. The fourth-order valence-electron chi connectivity index (χ4n) is 4.31. The Morgan fingerprint density at radius 3 is 2.42 bits per heavy atom. The summed E-state index contributed by atoms with van der Waals surface area (Å²) in [4.78, 5) is 18.0. The van der Waals surface area contributed by atoms with Gasteiger partial charge in [0.05, 0.1) is 18.3 Å². The van der Waals surface area contributed by atoms with Crippen LogP contribution in [0.25, 0.3) is 0 Å². The predicted molar refractivity (Wildman–Crippen MR) is 127 cm³/mol. The van der Waals surface area contributed by atoms with Gasteiger partial charge >= 0.3 is 0 Å². The highest BCUT2D eigenvalue weighted by atomic mass is 19.1. The average Bonchev–Trinajstić information content (AvgIpc) is 3.10. The first-order valence-electron chi connectivity index (χ1n) is 11.0. The van der Waals surface area contributed by atoms with Crippen LogP contribution in [-0.2, 0) is 10.3 Å². The van der Waals surface area contributed by atoms with E-state index in [1.807, 2.05) is 36.7 Å². The van der Waals surface area contributed by atoms with Gasteiger partial charge in [0.15, 0.2) is 5.82 Å². The van der Waals surface area contributed by atoms with E-state index in [0.717, 1.165) is 22.4 Å². The Bertz CT molecular complexity index is 1220. The fourth-order valence-corrected chi connectivity index (χ4v) is 4.31. The molecule has 6 nitrogen and oxygen atoms in total. The number of rotatable bonds is 3. The zero-order chi connectivity index (χ0) is 23.9. The summed E-state index contributed by atoms with van der Waals surface area (Å²) < 4.78 is 21.3. The first kappa shape index (κ1) is 22.7. The Labute approximate surface area is 193 Å². The van der Waals surface area contributed by atoms with E-state index in [9.17, 15) is 9.18 Å². The number of ether oxygens (including phenoxy) is 1. The monoisotopic (exact) mass is 448 g/mol. The second-order valence-electron chi connectivity index (χ2n) is 9.41. The molecule has 1 aliphatic rings. The van der Waals surface area contributed by atoms with E-state index in [1.54, 1.807) is 25.3 Å². The van der Waals surface area contributed by atoms with Gasteiger partial charge in [-0.05, 0) is 64.4 Å². The fraction of sp³-hybridized carbons (Fsp3) is 0.346. The minimum absolute atomic E-state index is 0.232. The first-order chi connectivity index (χ1) is 15.6. The van der Waals surface area contributed by atoms with Gasteiger partial charge < -0.3 is 10.1 Å². The van der Waals surface area contributed by atoms with Crippen molar-refractivity contribution in [3.05, 3.63) is 82.3 Å². The summed E-state index contributed by atoms with van der Waals surface area (Å²) in [6, 6.07) is 13.1. The maximum absolute atomic E-state index is 13.8. The van der Waals surface area contributed by atoms with Gasteiger partial charge in [0.1, 0.15) is 11.9 Å². The molecule has 3 aromatic rings. The number of carbonyl (C=O) groups is 1. The van der Waals surface area contributed by atoms with Crippen molar-refractivity contribution in [1.29, 1.82) is 0 Å². The number of amides is 1. The highest BCUT2D eigenvalue weighted by molar-refractivity contribution is 5.99. The van der Waals surface area contributed by atoms with E-state index >= 15 is 0 Å².